The Morgan fingerprint density at radius 2 is 1.71 bits per heavy atom. The maximum absolute atomic E-state index is 11.7. The Labute approximate surface area is 125 Å². The summed E-state index contributed by atoms with van der Waals surface area (Å²) in [4.78, 5) is 22.7. The molecule has 114 valence electrons. The van der Waals surface area contributed by atoms with Gasteiger partial charge in [0.05, 0.1) is 13.1 Å². The second kappa shape index (κ2) is 7.78. The first-order valence-corrected chi connectivity index (χ1v) is 7.50. The molecule has 2 rings (SSSR count). The highest BCUT2D eigenvalue weighted by molar-refractivity contribution is 5.85. The predicted octanol–water partition coefficient (Wildman–Crippen LogP) is 0.904. The summed E-state index contributed by atoms with van der Waals surface area (Å²) in [6.45, 7) is -0.0793. The fraction of sp³-hybridized carbons (Fsp3) is 0.500. The summed E-state index contributed by atoms with van der Waals surface area (Å²) in [6.07, 6.45) is 4.14. The number of hydrogen-bond acceptors (Lipinski definition) is 3. The van der Waals surface area contributed by atoms with Crippen LogP contribution in [0.2, 0.25) is 0 Å². The van der Waals surface area contributed by atoms with Gasteiger partial charge in [0.1, 0.15) is 0 Å². The van der Waals surface area contributed by atoms with Crippen LogP contribution in [0.1, 0.15) is 37.2 Å². The highest BCUT2D eigenvalue weighted by Crippen LogP contribution is 2.32. The molecule has 0 bridgehead atoms. The molecule has 0 aromatic heterocycles. The van der Waals surface area contributed by atoms with Crippen LogP contribution in [-0.2, 0) is 9.59 Å². The summed E-state index contributed by atoms with van der Waals surface area (Å²) in [5.41, 5.74) is 6.56. The summed E-state index contributed by atoms with van der Waals surface area (Å²) in [5, 5.41) is 5.46. The van der Waals surface area contributed by atoms with E-state index >= 15 is 0 Å². The van der Waals surface area contributed by atoms with Crippen LogP contribution in [0.5, 0.6) is 0 Å². The van der Waals surface area contributed by atoms with Gasteiger partial charge in [-0.3, -0.25) is 9.59 Å². The third-order valence-corrected chi connectivity index (χ3v) is 3.99. The van der Waals surface area contributed by atoms with Gasteiger partial charge in [0.2, 0.25) is 11.8 Å². The lowest BCUT2D eigenvalue weighted by Crippen LogP contribution is -2.44. The van der Waals surface area contributed by atoms with E-state index < -0.39 is 0 Å². The van der Waals surface area contributed by atoms with E-state index in [1.165, 1.54) is 5.56 Å². The first kappa shape index (κ1) is 15.5. The number of nitrogens with two attached hydrogens (primary N) is 1. The zero-order valence-electron chi connectivity index (χ0n) is 12.2. The highest BCUT2D eigenvalue weighted by atomic mass is 16.2. The molecule has 0 unspecified atom stereocenters. The molecule has 4 N–H and O–H groups in total. The molecule has 0 saturated heterocycles. The fourth-order valence-electron chi connectivity index (χ4n) is 2.83. The van der Waals surface area contributed by atoms with E-state index in [9.17, 15) is 9.59 Å². The van der Waals surface area contributed by atoms with Gasteiger partial charge in [0.25, 0.3) is 0 Å². The summed E-state index contributed by atoms with van der Waals surface area (Å²) in [5.74, 6) is 0.147. The first-order valence-electron chi connectivity index (χ1n) is 7.50. The van der Waals surface area contributed by atoms with Crippen LogP contribution in [0.15, 0.2) is 30.3 Å². The van der Waals surface area contributed by atoms with Crippen molar-refractivity contribution in [3.8, 4) is 0 Å². The Bertz CT molecular complexity index is 468. The predicted molar refractivity (Wildman–Crippen MR) is 81.6 cm³/mol. The molecule has 1 saturated carbocycles. The van der Waals surface area contributed by atoms with Crippen molar-refractivity contribution in [2.24, 2.45) is 5.73 Å². The van der Waals surface area contributed by atoms with Crippen LogP contribution in [-0.4, -0.2) is 30.9 Å². The van der Waals surface area contributed by atoms with Crippen LogP contribution < -0.4 is 16.4 Å². The maximum atomic E-state index is 11.7. The van der Waals surface area contributed by atoms with E-state index in [2.05, 4.69) is 34.9 Å². The van der Waals surface area contributed by atoms with Gasteiger partial charge in [-0.2, -0.15) is 0 Å². The summed E-state index contributed by atoms with van der Waals surface area (Å²) < 4.78 is 0. The van der Waals surface area contributed by atoms with Crippen molar-refractivity contribution in [1.82, 2.24) is 10.6 Å². The highest BCUT2D eigenvalue weighted by Gasteiger charge is 2.23. The van der Waals surface area contributed by atoms with Gasteiger partial charge in [-0.25, -0.2) is 0 Å². The minimum Gasteiger partial charge on any atom is -0.352 e. The minimum atomic E-state index is -0.307. The number of hydrogen-bond donors (Lipinski definition) is 3. The molecule has 5 heteroatoms. The number of amides is 2. The average Bonchev–Trinajstić information content (AvgIpc) is 2.54. The molecule has 1 aromatic carbocycles. The Balaban J connectivity index is 1.72. The maximum Gasteiger partial charge on any atom is 0.239 e. The molecule has 0 aliphatic heterocycles. The molecule has 1 aliphatic carbocycles. The van der Waals surface area contributed by atoms with Gasteiger partial charge in [-0.1, -0.05) is 30.3 Å². The molecule has 0 heterocycles. The Morgan fingerprint density at radius 1 is 1.05 bits per heavy atom. The zero-order chi connectivity index (χ0) is 15.1. The smallest absolute Gasteiger partial charge is 0.239 e. The lowest BCUT2D eigenvalue weighted by molar-refractivity contribution is -0.125. The van der Waals surface area contributed by atoms with Crippen molar-refractivity contribution < 1.29 is 9.59 Å². The Hall–Kier alpha value is -1.88. The monoisotopic (exact) mass is 289 g/mol. The second-order valence-electron chi connectivity index (χ2n) is 5.51. The largest absolute Gasteiger partial charge is 0.352 e. The Morgan fingerprint density at radius 3 is 2.33 bits per heavy atom. The molecule has 1 fully saturated rings. The number of carbonyl (C=O) groups excluding carboxylic acids is 2. The molecular formula is C16H23N3O2. The number of carbonyl (C=O) groups is 2. The van der Waals surface area contributed by atoms with Gasteiger partial charge in [-0.05, 0) is 37.2 Å². The third-order valence-electron chi connectivity index (χ3n) is 3.99. The minimum absolute atomic E-state index is 0.00858. The normalized spacial score (nSPS) is 21.6. The van der Waals surface area contributed by atoms with Crippen LogP contribution in [0.3, 0.4) is 0 Å². The third kappa shape index (κ3) is 4.86. The van der Waals surface area contributed by atoms with E-state index in [1.807, 2.05) is 6.07 Å². The first-order chi connectivity index (χ1) is 10.2. The van der Waals surface area contributed by atoms with Crippen molar-refractivity contribution in [2.75, 3.05) is 13.1 Å². The van der Waals surface area contributed by atoms with E-state index in [1.54, 1.807) is 0 Å². The van der Waals surface area contributed by atoms with Crippen LogP contribution >= 0.6 is 0 Å². The molecule has 0 radical (unpaired) electrons. The SMILES string of the molecule is NCC(=O)NCC(=O)NC1CCC(c2ccccc2)CC1. The molecular weight excluding hydrogens is 266 g/mol. The van der Waals surface area contributed by atoms with Crippen molar-refractivity contribution in [3.63, 3.8) is 0 Å². The van der Waals surface area contributed by atoms with Crippen molar-refractivity contribution in [2.45, 2.75) is 37.6 Å². The summed E-state index contributed by atoms with van der Waals surface area (Å²) in [6, 6.07) is 10.7. The van der Waals surface area contributed by atoms with E-state index in [0.29, 0.717) is 5.92 Å². The lowest BCUT2D eigenvalue weighted by Gasteiger charge is -2.29. The van der Waals surface area contributed by atoms with Crippen LogP contribution in [0, 0.1) is 0 Å². The molecule has 5 nitrogen and oxygen atoms in total. The molecule has 2 amide bonds. The van der Waals surface area contributed by atoms with Gasteiger partial charge in [-0.15, -0.1) is 0 Å². The molecule has 21 heavy (non-hydrogen) atoms. The quantitative estimate of drug-likeness (QED) is 0.753. The van der Waals surface area contributed by atoms with Gasteiger partial charge >= 0.3 is 0 Å². The molecule has 1 aromatic rings. The standard InChI is InChI=1S/C16H23N3O2/c17-10-15(20)18-11-16(21)19-14-8-6-13(7-9-14)12-4-2-1-3-5-12/h1-5,13-14H,6-11,17H2,(H,18,20)(H,19,21). The van der Waals surface area contributed by atoms with E-state index in [4.69, 9.17) is 5.73 Å². The summed E-state index contributed by atoms with van der Waals surface area (Å²) in [7, 11) is 0. The number of nitrogens with one attached hydrogen (secondary N) is 2. The zero-order valence-corrected chi connectivity index (χ0v) is 12.2. The second-order valence-corrected chi connectivity index (χ2v) is 5.51. The van der Waals surface area contributed by atoms with Crippen molar-refractivity contribution >= 4 is 11.8 Å². The fourth-order valence-corrected chi connectivity index (χ4v) is 2.83. The van der Waals surface area contributed by atoms with Gasteiger partial charge < -0.3 is 16.4 Å². The van der Waals surface area contributed by atoms with Crippen LogP contribution in [0.4, 0.5) is 0 Å². The van der Waals surface area contributed by atoms with Gasteiger partial charge in [0.15, 0.2) is 0 Å². The van der Waals surface area contributed by atoms with Crippen LogP contribution in [0.25, 0.3) is 0 Å². The molecule has 1 aliphatic rings. The molecule has 0 spiro atoms. The lowest BCUT2D eigenvalue weighted by atomic mass is 9.82. The Kier molecular flexibility index (Phi) is 5.75. The van der Waals surface area contributed by atoms with Gasteiger partial charge in [0, 0.05) is 6.04 Å². The van der Waals surface area contributed by atoms with Crippen molar-refractivity contribution in [3.05, 3.63) is 35.9 Å². The summed E-state index contributed by atoms with van der Waals surface area (Å²) >= 11 is 0. The topological polar surface area (TPSA) is 84.2 Å². The average molecular weight is 289 g/mol. The van der Waals surface area contributed by atoms with E-state index in [0.717, 1.165) is 25.7 Å². The van der Waals surface area contributed by atoms with Crippen molar-refractivity contribution in [1.29, 1.82) is 0 Å². The molecule has 0 atom stereocenters. The number of benzene rings is 1. The number of rotatable bonds is 5. The van der Waals surface area contributed by atoms with E-state index in [-0.39, 0.29) is 30.9 Å².